The van der Waals surface area contributed by atoms with Crippen LogP contribution in [0, 0.1) is 0 Å². The molecule has 5 rings (SSSR count). The lowest BCUT2D eigenvalue weighted by Gasteiger charge is -2.30. The molecule has 184 valence electrons. The largest absolute Gasteiger partial charge is 0.509 e. The number of rotatable bonds is 3. The summed E-state index contributed by atoms with van der Waals surface area (Å²) in [7, 11) is 1.42. The molecule has 0 fully saturated rings. The highest BCUT2D eigenvalue weighted by Crippen LogP contribution is 2.59. The van der Waals surface area contributed by atoms with Crippen LogP contribution < -0.4 is 14.9 Å². The lowest BCUT2D eigenvalue weighted by molar-refractivity contribution is 0.0733. The van der Waals surface area contributed by atoms with E-state index in [-0.39, 0.29) is 57.4 Å². The van der Waals surface area contributed by atoms with Gasteiger partial charge in [0.2, 0.25) is 0 Å². The molecule has 1 aliphatic heterocycles. The van der Waals surface area contributed by atoms with Crippen molar-refractivity contribution in [2.24, 2.45) is 0 Å². The highest BCUT2D eigenvalue weighted by Gasteiger charge is 2.49. The molecule has 0 saturated heterocycles. The lowest BCUT2D eigenvalue weighted by Crippen LogP contribution is -2.34. The smallest absolute Gasteiger partial charge is 0.200 e. The van der Waals surface area contributed by atoms with E-state index < -0.39 is 33.9 Å². The predicted octanol–water partition coefficient (Wildman–Crippen LogP) is 4.07. The maximum absolute atomic E-state index is 13.7. The first-order valence-corrected chi connectivity index (χ1v) is 11.1. The zero-order valence-corrected chi connectivity index (χ0v) is 19.9. The normalized spacial score (nSPS) is 18.2. The van der Waals surface area contributed by atoms with Crippen molar-refractivity contribution in [2.75, 3.05) is 7.11 Å². The first-order valence-electron chi connectivity index (χ1n) is 11.1. The van der Waals surface area contributed by atoms with Crippen LogP contribution in [-0.2, 0) is 6.42 Å². The SMILES string of the molecule is COc1cc(O)c2c3c1-c1oc4c(/C=C(\O)C(C)(C)O)c(O)cc(O)c4c(=O)c1C[C@@H]3C(C)(C)O2. The van der Waals surface area contributed by atoms with Gasteiger partial charge < -0.3 is 39.4 Å². The van der Waals surface area contributed by atoms with Gasteiger partial charge in [0.25, 0.3) is 0 Å². The fourth-order valence-corrected chi connectivity index (χ4v) is 4.94. The highest BCUT2D eigenvalue weighted by atomic mass is 16.5. The minimum atomic E-state index is -1.64. The minimum Gasteiger partial charge on any atom is -0.509 e. The van der Waals surface area contributed by atoms with Crippen molar-refractivity contribution < 1.29 is 39.4 Å². The van der Waals surface area contributed by atoms with Crippen LogP contribution in [0.2, 0.25) is 0 Å². The fourth-order valence-electron chi connectivity index (χ4n) is 4.94. The summed E-state index contributed by atoms with van der Waals surface area (Å²) >= 11 is 0. The Bertz CT molecular complexity index is 1500. The van der Waals surface area contributed by atoms with E-state index in [9.17, 15) is 30.3 Å². The number of methoxy groups -OCH3 is 1. The van der Waals surface area contributed by atoms with Gasteiger partial charge in [-0.25, -0.2) is 0 Å². The Morgan fingerprint density at radius 1 is 1.17 bits per heavy atom. The number of hydrogen-bond acceptors (Lipinski definition) is 9. The van der Waals surface area contributed by atoms with Crippen molar-refractivity contribution in [3.8, 4) is 40.1 Å². The van der Waals surface area contributed by atoms with E-state index in [1.807, 2.05) is 13.8 Å². The Labute approximate surface area is 200 Å². The molecule has 0 radical (unpaired) electrons. The van der Waals surface area contributed by atoms with Crippen molar-refractivity contribution in [2.45, 2.75) is 51.2 Å². The molecule has 1 aromatic heterocycles. The van der Waals surface area contributed by atoms with E-state index in [0.29, 0.717) is 11.1 Å². The number of benzene rings is 2. The summed E-state index contributed by atoms with van der Waals surface area (Å²) in [6, 6.07) is 2.37. The third-order valence-electron chi connectivity index (χ3n) is 6.83. The minimum absolute atomic E-state index is 0.0922. The average Bonchev–Trinajstić information content (AvgIpc) is 3.03. The van der Waals surface area contributed by atoms with Crippen molar-refractivity contribution in [3.05, 3.63) is 44.8 Å². The molecule has 2 heterocycles. The Hall–Kier alpha value is -3.85. The van der Waals surface area contributed by atoms with Crippen LogP contribution >= 0.6 is 0 Å². The van der Waals surface area contributed by atoms with Gasteiger partial charge in [0, 0.05) is 29.2 Å². The van der Waals surface area contributed by atoms with Crippen LogP contribution in [0.25, 0.3) is 28.4 Å². The second-order valence-electron chi connectivity index (χ2n) is 10.0. The zero-order chi connectivity index (χ0) is 25.6. The molecular formula is C26H26O9. The quantitative estimate of drug-likeness (QED) is 0.348. The highest BCUT2D eigenvalue weighted by molar-refractivity contribution is 5.96. The van der Waals surface area contributed by atoms with Crippen LogP contribution in [0.5, 0.6) is 28.7 Å². The monoisotopic (exact) mass is 482 g/mol. The predicted molar refractivity (Wildman–Crippen MR) is 128 cm³/mol. The second-order valence-corrected chi connectivity index (χ2v) is 10.0. The molecule has 9 nitrogen and oxygen atoms in total. The number of aromatic hydroxyl groups is 3. The molecular weight excluding hydrogens is 456 g/mol. The number of ether oxygens (including phenoxy) is 2. The molecule has 5 N–H and O–H groups in total. The topological polar surface area (TPSA) is 150 Å². The van der Waals surface area contributed by atoms with Crippen LogP contribution in [-0.4, -0.2) is 43.8 Å². The Morgan fingerprint density at radius 2 is 1.86 bits per heavy atom. The number of phenols is 3. The van der Waals surface area contributed by atoms with Crippen LogP contribution in [0.4, 0.5) is 0 Å². The molecule has 1 aliphatic carbocycles. The summed E-state index contributed by atoms with van der Waals surface area (Å²) in [4.78, 5) is 13.7. The zero-order valence-electron chi connectivity index (χ0n) is 19.9. The van der Waals surface area contributed by atoms with Gasteiger partial charge in [-0.05, 0) is 40.2 Å². The number of hydrogen-bond donors (Lipinski definition) is 5. The maximum Gasteiger partial charge on any atom is 0.200 e. The fraction of sp³-hybridized carbons (Fsp3) is 0.346. The van der Waals surface area contributed by atoms with E-state index >= 15 is 0 Å². The molecule has 9 heteroatoms. The first kappa shape index (κ1) is 22.9. The molecule has 0 spiro atoms. The molecule has 0 amide bonds. The number of phenolic OH excluding ortho intramolecular Hbond substituents is 3. The van der Waals surface area contributed by atoms with Gasteiger partial charge in [0.05, 0.1) is 18.2 Å². The van der Waals surface area contributed by atoms with E-state index in [0.717, 1.165) is 12.1 Å². The van der Waals surface area contributed by atoms with Crippen molar-refractivity contribution in [3.63, 3.8) is 0 Å². The number of aliphatic hydroxyl groups excluding tert-OH is 1. The summed E-state index contributed by atoms with van der Waals surface area (Å²) in [6.45, 7) is 6.42. The Morgan fingerprint density at radius 3 is 2.49 bits per heavy atom. The lowest BCUT2D eigenvalue weighted by atomic mass is 9.74. The second kappa shape index (κ2) is 7.08. The molecule has 35 heavy (non-hydrogen) atoms. The first-order chi connectivity index (χ1) is 16.3. The van der Waals surface area contributed by atoms with Gasteiger partial charge >= 0.3 is 0 Å². The van der Waals surface area contributed by atoms with Gasteiger partial charge in [0.15, 0.2) is 22.5 Å². The van der Waals surface area contributed by atoms with Crippen molar-refractivity contribution in [1.29, 1.82) is 0 Å². The van der Waals surface area contributed by atoms with Gasteiger partial charge in [-0.3, -0.25) is 4.79 Å². The maximum atomic E-state index is 13.7. The van der Waals surface area contributed by atoms with Crippen molar-refractivity contribution in [1.82, 2.24) is 0 Å². The molecule has 1 atom stereocenters. The molecule has 2 aromatic carbocycles. The Kier molecular flexibility index (Phi) is 4.64. The summed E-state index contributed by atoms with van der Waals surface area (Å²) in [5.41, 5.74) is -1.81. The van der Waals surface area contributed by atoms with Gasteiger partial charge in [-0.15, -0.1) is 0 Å². The molecule has 3 aromatic rings. The number of aliphatic hydroxyl groups is 2. The van der Waals surface area contributed by atoms with E-state index in [1.54, 1.807) is 0 Å². The molecule has 0 saturated carbocycles. The molecule has 2 aliphatic rings. The van der Waals surface area contributed by atoms with Crippen LogP contribution in [0.15, 0.2) is 27.1 Å². The van der Waals surface area contributed by atoms with Crippen LogP contribution in [0.3, 0.4) is 0 Å². The Balaban J connectivity index is 1.93. The summed E-state index contributed by atoms with van der Waals surface area (Å²) in [6.07, 6.45) is 1.30. The van der Waals surface area contributed by atoms with Crippen molar-refractivity contribution >= 4 is 17.0 Å². The van der Waals surface area contributed by atoms with Crippen LogP contribution in [0.1, 0.15) is 50.3 Å². The standard InChI is InChI=1S/C26H26O9/c1-25(2,32)17(30)7-10-13(27)8-14(28)19-21(31)11-6-12-18-20(23(11)34-22(10)19)16(33-5)9-15(29)24(18)35-26(12,3)4/h7-9,12,27-30,32H,6H2,1-5H3/b17-7-/t12-/m0/s1. The van der Waals surface area contributed by atoms with Gasteiger partial charge in [-0.1, -0.05) is 0 Å². The number of fused-ring (bicyclic) bond motifs is 3. The van der Waals surface area contributed by atoms with Gasteiger partial charge in [0.1, 0.15) is 45.4 Å². The summed E-state index contributed by atoms with van der Waals surface area (Å²) < 4.78 is 17.8. The summed E-state index contributed by atoms with van der Waals surface area (Å²) in [5, 5.41) is 52.1. The molecule has 0 unspecified atom stereocenters. The molecule has 0 bridgehead atoms. The van der Waals surface area contributed by atoms with E-state index in [2.05, 4.69) is 0 Å². The van der Waals surface area contributed by atoms with E-state index in [4.69, 9.17) is 13.9 Å². The summed E-state index contributed by atoms with van der Waals surface area (Å²) in [5.74, 6) is -1.15. The van der Waals surface area contributed by atoms with Gasteiger partial charge in [-0.2, -0.15) is 0 Å². The van der Waals surface area contributed by atoms with E-state index in [1.165, 1.54) is 27.0 Å². The third-order valence-corrected chi connectivity index (χ3v) is 6.83. The average molecular weight is 482 g/mol. The third kappa shape index (κ3) is 3.15.